The summed E-state index contributed by atoms with van der Waals surface area (Å²) in [5, 5.41) is 2.70. The number of fused-ring (bicyclic) bond motifs is 1. The first-order valence-corrected chi connectivity index (χ1v) is 10.2. The van der Waals surface area contributed by atoms with Gasteiger partial charge in [0.1, 0.15) is 11.5 Å². The van der Waals surface area contributed by atoms with Crippen molar-refractivity contribution >= 4 is 16.9 Å². The lowest BCUT2D eigenvalue weighted by Gasteiger charge is -2.17. The van der Waals surface area contributed by atoms with Gasteiger partial charge in [-0.15, -0.1) is 0 Å². The van der Waals surface area contributed by atoms with Gasteiger partial charge >= 0.3 is 5.69 Å². The molecule has 0 unspecified atom stereocenters. The molecule has 0 saturated carbocycles. The van der Waals surface area contributed by atoms with Gasteiger partial charge in [-0.05, 0) is 30.5 Å². The average Bonchev–Trinajstić information content (AvgIpc) is 2.75. The van der Waals surface area contributed by atoms with Gasteiger partial charge < -0.3 is 5.32 Å². The zero-order valence-corrected chi connectivity index (χ0v) is 17.8. The van der Waals surface area contributed by atoms with E-state index in [1.165, 1.54) is 40.4 Å². The summed E-state index contributed by atoms with van der Waals surface area (Å²) in [5.41, 5.74) is -0.897. The van der Waals surface area contributed by atoms with Gasteiger partial charge in [-0.2, -0.15) is 0 Å². The normalized spacial score (nSPS) is 11.1. The number of aromatic nitrogens is 3. The number of aryl methyl sites for hydroxylation is 2. The number of amides is 1. The van der Waals surface area contributed by atoms with Gasteiger partial charge in [0, 0.05) is 32.7 Å². The summed E-state index contributed by atoms with van der Waals surface area (Å²) in [6.07, 6.45) is 1.17. The number of carbonyl (C=O) groups excluding carboxylic acids is 1. The molecule has 0 aliphatic rings. The summed E-state index contributed by atoms with van der Waals surface area (Å²) < 4.78 is 16.8. The summed E-state index contributed by atoms with van der Waals surface area (Å²) in [4.78, 5) is 51.7. The molecule has 164 valence electrons. The number of nitrogens with one attached hydrogen (secondary N) is 1. The van der Waals surface area contributed by atoms with E-state index in [0.717, 1.165) is 10.6 Å². The van der Waals surface area contributed by atoms with Crippen LogP contribution in [0.15, 0.2) is 44.7 Å². The first-order chi connectivity index (χ1) is 14.8. The minimum Gasteiger partial charge on any atom is -0.348 e. The fourth-order valence-electron chi connectivity index (χ4n) is 3.61. The van der Waals surface area contributed by atoms with Crippen molar-refractivity contribution in [1.29, 1.82) is 0 Å². The molecule has 1 N–H and O–H groups in total. The predicted molar refractivity (Wildman–Crippen MR) is 116 cm³/mol. The number of pyridine rings is 1. The first-order valence-electron chi connectivity index (χ1n) is 10.2. The molecule has 31 heavy (non-hydrogen) atoms. The average molecular weight is 428 g/mol. The summed E-state index contributed by atoms with van der Waals surface area (Å²) in [7, 11) is 1.49. The molecule has 9 heteroatoms. The molecule has 1 amide bonds. The lowest BCUT2D eigenvalue weighted by Crippen LogP contribution is -2.42. The number of carbonyl (C=O) groups is 1. The van der Waals surface area contributed by atoms with Crippen LogP contribution in [0, 0.1) is 5.82 Å². The van der Waals surface area contributed by atoms with E-state index in [9.17, 15) is 23.6 Å². The van der Waals surface area contributed by atoms with Crippen LogP contribution in [0.5, 0.6) is 0 Å². The summed E-state index contributed by atoms with van der Waals surface area (Å²) in [6, 6.07) is 6.76. The van der Waals surface area contributed by atoms with Gasteiger partial charge in [-0.3, -0.25) is 28.1 Å². The van der Waals surface area contributed by atoms with E-state index in [4.69, 9.17) is 0 Å². The topological polar surface area (TPSA) is 95.1 Å². The quantitative estimate of drug-likeness (QED) is 0.620. The molecule has 0 aliphatic heterocycles. The zero-order chi connectivity index (χ0) is 22.7. The lowest BCUT2D eigenvalue weighted by molar-refractivity contribution is 0.0952. The van der Waals surface area contributed by atoms with Crippen molar-refractivity contribution in [3.05, 3.63) is 78.5 Å². The number of rotatable bonds is 7. The van der Waals surface area contributed by atoms with Crippen LogP contribution in [-0.4, -0.2) is 19.6 Å². The predicted octanol–water partition coefficient (Wildman–Crippen LogP) is 1.75. The van der Waals surface area contributed by atoms with Crippen molar-refractivity contribution in [3.63, 3.8) is 0 Å². The Balaban J connectivity index is 2.20. The van der Waals surface area contributed by atoms with Crippen molar-refractivity contribution in [3.8, 4) is 0 Å². The largest absolute Gasteiger partial charge is 0.348 e. The Morgan fingerprint density at radius 3 is 2.23 bits per heavy atom. The molecule has 0 bridgehead atoms. The molecule has 0 atom stereocenters. The SMILES string of the molecule is CCCn1c(=O)c2c(C(=O)NCc3ccc(F)cc3)cc(=O)n(CCC)c2n(C)c1=O. The molecular weight excluding hydrogens is 403 g/mol. The second-order valence-corrected chi connectivity index (χ2v) is 7.35. The number of halogens is 1. The lowest BCUT2D eigenvalue weighted by atomic mass is 10.1. The van der Waals surface area contributed by atoms with Crippen molar-refractivity contribution in [1.82, 2.24) is 19.0 Å². The number of nitrogens with zero attached hydrogens (tertiary/aromatic N) is 3. The molecule has 0 radical (unpaired) electrons. The van der Waals surface area contributed by atoms with Gasteiger partial charge in [0.05, 0.1) is 10.9 Å². The van der Waals surface area contributed by atoms with Crippen molar-refractivity contribution in [2.24, 2.45) is 7.05 Å². The van der Waals surface area contributed by atoms with Gasteiger partial charge in [0.2, 0.25) is 0 Å². The third-order valence-electron chi connectivity index (χ3n) is 5.08. The van der Waals surface area contributed by atoms with E-state index in [0.29, 0.717) is 24.9 Å². The highest BCUT2D eigenvalue weighted by Gasteiger charge is 2.22. The van der Waals surface area contributed by atoms with E-state index in [2.05, 4.69) is 5.32 Å². The Morgan fingerprint density at radius 1 is 1.00 bits per heavy atom. The van der Waals surface area contributed by atoms with Crippen LogP contribution in [0.4, 0.5) is 4.39 Å². The van der Waals surface area contributed by atoms with Crippen LogP contribution in [0.25, 0.3) is 11.0 Å². The van der Waals surface area contributed by atoms with E-state index in [1.54, 1.807) is 0 Å². The molecule has 2 aromatic heterocycles. The minimum absolute atomic E-state index is 0.0280. The van der Waals surface area contributed by atoms with Crippen LogP contribution < -0.4 is 22.1 Å². The zero-order valence-electron chi connectivity index (χ0n) is 17.8. The molecule has 0 spiro atoms. The van der Waals surface area contributed by atoms with Gasteiger partial charge in [-0.25, -0.2) is 9.18 Å². The molecule has 0 fully saturated rings. The molecule has 0 aliphatic carbocycles. The number of hydrogen-bond donors (Lipinski definition) is 1. The monoisotopic (exact) mass is 428 g/mol. The first kappa shape index (κ1) is 22.2. The molecular formula is C22H25FN4O4. The van der Waals surface area contributed by atoms with Crippen LogP contribution in [0.2, 0.25) is 0 Å². The van der Waals surface area contributed by atoms with Crippen molar-refractivity contribution in [2.45, 2.75) is 46.3 Å². The van der Waals surface area contributed by atoms with Gasteiger partial charge in [-0.1, -0.05) is 26.0 Å². The third-order valence-corrected chi connectivity index (χ3v) is 5.08. The van der Waals surface area contributed by atoms with E-state index in [-0.39, 0.29) is 29.7 Å². The van der Waals surface area contributed by atoms with E-state index >= 15 is 0 Å². The fraction of sp³-hybridized carbons (Fsp3) is 0.364. The highest BCUT2D eigenvalue weighted by atomic mass is 19.1. The minimum atomic E-state index is -0.617. The maximum atomic E-state index is 13.2. The van der Waals surface area contributed by atoms with Crippen LogP contribution >= 0.6 is 0 Å². The molecule has 8 nitrogen and oxygen atoms in total. The Bertz CT molecular complexity index is 1300. The van der Waals surface area contributed by atoms with Crippen LogP contribution in [-0.2, 0) is 26.7 Å². The van der Waals surface area contributed by atoms with Crippen molar-refractivity contribution in [2.75, 3.05) is 0 Å². The van der Waals surface area contributed by atoms with Gasteiger partial charge in [0.25, 0.3) is 17.0 Å². The van der Waals surface area contributed by atoms with Gasteiger partial charge in [0.15, 0.2) is 0 Å². The molecule has 0 saturated heterocycles. The highest BCUT2D eigenvalue weighted by molar-refractivity contribution is 6.05. The summed E-state index contributed by atoms with van der Waals surface area (Å²) >= 11 is 0. The van der Waals surface area contributed by atoms with Crippen LogP contribution in [0.1, 0.15) is 42.6 Å². The maximum Gasteiger partial charge on any atom is 0.332 e. The Kier molecular flexibility index (Phi) is 6.53. The molecule has 3 aromatic rings. The molecule has 2 heterocycles. The highest BCUT2D eigenvalue weighted by Crippen LogP contribution is 2.13. The Hall–Kier alpha value is -3.49. The van der Waals surface area contributed by atoms with E-state index in [1.807, 2.05) is 13.8 Å². The second-order valence-electron chi connectivity index (χ2n) is 7.35. The smallest absolute Gasteiger partial charge is 0.332 e. The Labute approximate surface area is 177 Å². The number of benzene rings is 1. The number of hydrogen-bond acceptors (Lipinski definition) is 4. The second kappa shape index (κ2) is 9.11. The van der Waals surface area contributed by atoms with Crippen LogP contribution in [0.3, 0.4) is 0 Å². The summed E-state index contributed by atoms with van der Waals surface area (Å²) in [6.45, 7) is 4.30. The molecule has 1 aromatic carbocycles. The fourth-order valence-corrected chi connectivity index (χ4v) is 3.61. The van der Waals surface area contributed by atoms with E-state index < -0.39 is 28.5 Å². The summed E-state index contributed by atoms with van der Waals surface area (Å²) in [5.74, 6) is -1.01. The molecule has 3 rings (SSSR count). The third kappa shape index (κ3) is 4.21. The Morgan fingerprint density at radius 2 is 1.61 bits per heavy atom. The van der Waals surface area contributed by atoms with Crippen molar-refractivity contribution < 1.29 is 9.18 Å². The maximum absolute atomic E-state index is 13.2. The standard InChI is InChI=1S/C22H25FN4O4/c1-4-10-26-17(28)12-16(19(29)24-13-14-6-8-15(23)9-7-14)18-20(26)25(3)22(31)27(11-5-2)21(18)30/h6-9,12H,4-5,10-11,13H2,1-3H3,(H,24,29).